The smallest absolute Gasteiger partial charge is 0.416 e. The van der Waals surface area contributed by atoms with Crippen LogP contribution in [0.1, 0.15) is 54.7 Å². The van der Waals surface area contributed by atoms with Crippen molar-refractivity contribution in [3.63, 3.8) is 0 Å². The van der Waals surface area contributed by atoms with E-state index < -0.39 is 35.8 Å². The number of nitrogens with one attached hydrogen (secondary N) is 1. The minimum Gasteiger partial charge on any atom is -0.489 e. The van der Waals surface area contributed by atoms with Crippen LogP contribution in [0, 0.1) is 4.91 Å². The first-order chi connectivity index (χ1) is 18.6. The molecule has 0 radical (unpaired) electrons. The SMILES string of the molecule is O=NC(C(=O)NC(CN1CCCC1)C(O)c1ccc(OC2CC2)c(Cl)c1)c1cc2cc(C(F)(F)F)ccc2o1. The van der Waals surface area contributed by atoms with Gasteiger partial charge in [-0.05, 0) is 85.9 Å². The number of furan rings is 1. The number of nitroso groups, excluding NO2 is 1. The Kier molecular flexibility index (Phi) is 7.84. The highest BCUT2D eigenvalue weighted by molar-refractivity contribution is 6.32. The predicted molar refractivity (Wildman–Crippen MR) is 137 cm³/mol. The van der Waals surface area contributed by atoms with Crippen molar-refractivity contribution in [3.8, 4) is 5.75 Å². The lowest BCUT2D eigenvalue weighted by Gasteiger charge is -2.29. The van der Waals surface area contributed by atoms with E-state index in [1.165, 1.54) is 6.07 Å². The van der Waals surface area contributed by atoms with Crippen LogP contribution in [0.15, 0.2) is 52.1 Å². The van der Waals surface area contributed by atoms with Gasteiger partial charge in [-0.25, -0.2) is 0 Å². The highest BCUT2D eigenvalue weighted by atomic mass is 35.5. The highest BCUT2D eigenvalue weighted by Crippen LogP contribution is 2.36. The molecular weight excluding hydrogens is 539 g/mol. The maximum absolute atomic E-state index is 13.2. The van der Waals surface area contributed by atoms with Gasteiger partial charge >= 0.3 is 6.18 Å². The van der Waals surface area contributed by atoms with Gasteiger partial charge in [-0.15, -0.1) is 4.91 Å². The molecule has 1 saturated carbocycles. The van der Waals surface area contributed by atoms with Crippen molar-refractivity contribution in [1.29, 1.82) is 0 Å². The average Bonchev–Trinajstić information content (AvgIpc) is 3.37. The lowest BCUT2D eigenvalue weighted by molar-refractivity contribution is -0.137. The van der Waals surface area contributed by atoms with E-state index in [2.05, 4.69) is 15.4 Å². The van der Waals surface area contributed by atoms with Crippen LogP contribution in [0.5, 0.6) is 5.75 Å². The molecular formula is C27H27ClF3N3O5. The summed E-state index contributed by atoms with van der Waals surface area (Å²) in [6.07, 6.45) is -1.71. The van der Waals surface area contributed by atoms with Crippen LogP contribution in [-0.2, 0) is 11.0 Å². The largest absolute Gasteiger partial charge is 0.489 e. The quantitative estimate of drug-likeness (QED) is 0.303. The van der Waals surface area contributed by atoms with E-state index in [-0.39, 0.29) is 22.8 Å². The van der Waals surface area contributed by atoms with Crippen LogP contribution >= 0.6 is 11.6 Å². The van der Waals surface area contributed by atoms with Crippen molar-refractivity contribution in [3.05, 3.63) is 69.3 Å². The number of ether oxygens (including phenoxy) is 1. The number of aliphatic hydroxyl groups is 1. The van der Waals surface area contributed by atoms with Gasteiger partial charge in [-0.1, -0.05) is 17.7 Å². The van der Waals surface area contributed by atoms with E-state index in [0.717, 1.165) is 57.0 Å². The molecule has 1 amide bonds. The number of alkyl halides is 3. The van der Waals surface area contributed by atoms with E-state index in [9.17, 15) is 28.0 Å². The van der Waals surface area contributed by atoms with Crippen LogP contribution in [0.3, 0.4) is 0 Å². The number of benzene rings is 2. The van der Waals surface area contributed by atoms with Crippen molar-refractivity contribution < 1.29 is 32.2 Å². The zero-order valence-electron chi connectivity index (χ0n) is 20.8. The molecule has 208 valence electrons. The predicted octanol–water partition coefficient (Wildman–Crippen LogP) is 5.77. The summed E-state index contributed by atoms with van der Waals surface area (Å²) in [6.45, 7) is 1.87. The number of carbonyl (C=O) groups excluding carboxylic acids is 1. The number of aliphatic hydroxyl groups excluding tert-OH is 1. The molecule has 3 unspecified atom stereocenters. The maximum atomic E-state index is 13.2. The first kappa shape index (κ1) is 27.4. The van der Waals surface area contributed by atoms with Crippen LogP contribution < -0.4 is 10.1 Å². The molecule has 0 bridgehead atoms. The molecule has 2 aromatic carbocycles. The summed E-state index contributed by atoms with van der Waals surface area (Å²) in [6, 6.07) is 6.47. The molecule has 2 N–H and O–H groups in total. The molecule has 0 spiro atoms. The van der Waals surface area contributed by atoms with E-state index in [0.29, 0.717) is 22.9 Å². The van der Waals surface area contributed by atoms with Crippen LogP contribution in [-0.4, -0.2) is 47.7 Å². The minimum absolute atomic E-state index is 0.0799. The second kappa shape index (κ2) is 11.1. The lowest BCUT2D eigenvalue weighted by Crippen LogP contribution is -2.47. The topological polar surface area (TPSA) is 104 Å². The Morgan fingerprint density at radius 3 is 2.56 bits per heavy atom. The van der Waals surface area contributed by atoms with Gasteiger partial charge in [0.15, 0.2) is 0 Å². The molecule has 8 nitrogen and oxygen atoms in total. The minimum atomic E-state index is -4.56. The van der Waals surface area contributed by atoms with Crippen molar-refractivity contribution in [2.24, 2.45) is 5.18 Å². The van der Waals surface area contributed by atoms with Gasteiger partial charge < -0.3 is 24.5 Å². The first-order valence-electron chi connectivity index (χ1n) is 12.7. The summed E-state index contributed by atoms with van der Waals surface area (Å²) in [4.78, 5) is 27.0. The Morgan fingerprint density at radius 2 is 1.92 bits per heavy atom. The monoisotopic (exact) mass is 565 g/mol. The number of halogens is 4. The third-order valence-electron chi connectivity index (χ3n) is 6.96. The summed E-state index contributed by atoms with van der Waals surface area (Å²) in [7, 11) is 0. The summed E-state index contributed by atoms with van der Waals surface area (Å²) in [5, 5.41) is 17.3. The molecule has 2 heterocycles. The number of fused-ring (bicyclic) bond motifs is 1. The number of likely N-dealkylation sites (tertiary alicyclic amines) is 1. The van der Waals surface area contributed by atoms with Crippen molar-refractivity contribution in [2.45, 2.75) is 56.2 Å². The Morgan fingerprint density at radius 1 is 1.18 bits per heavy atom. The summed E-state index contributed by atoms with van der Waals surface area (Å²) < 4.78 is 50.6. The van der Waals surface area contributed by atoms with Gasteiger partial charge in [0.25, 0.3) is 5.91 Å². The standard InChI is InChI=1S/C27H27ClF3N3O5/c28-19-12-15(3-7-22(19)38-18-5-6-18)25(35)20(14-34-9-1-2-10-34)32-26(36)24(33-37)23-13-16-11-17(27(29,30)31)4-8-21(16)39-23/h3-4,7-8,11-13,18,20,24-25,35H,1-2,5-6,9-10,14H2,(H,32,36). The van der Waals surface area contributed by atoms with E-state index in [1.54, 1.807) is 18.2 Å². The molecule has 3 atom stereocenters. The Balaban J connectivity index is 1.36. The molecule has 1 aliphatic carbocycles. The molecule has 2 aliphatic rings. The second-order valence-corrected chi connectivity index (χ2v) is 10.4. The Bertz CT molecular complexity index is 1350. The Labute approximate surface area is 227 Å². The molecule has 1 aromatic heterocycles. The van der Waals surface area contributed by atoms with Crippen LogP contribution in [0.25, 0.3) is 11.0 Å². The fourth-order valence-electron chi connectivity index (χ4n) is 4.73. The number of nitrogens with zero attached hydrogens (tertiary/aromatic N) is 2. The fourth-order valence-corrected chi connectivity index (χ4v) is 4.96. The average molecular weight is 566 g/mol. The molecule has 5 rings (SSSR count). The molecule has 2 fully saturated rings. The summed E-state index contributed by atoms with van der Waals surface area (Å²) in [5.41, 5.74) is -0.355. The van der Waals surface area contributed by atoms with Gasteiger partial charge in [-0.2, -0.15) is 13.2 Å². The Hall–Kier alpha value is -3.15. The lowest BCUT2D eigenvalue weighted by atomic mass is 10.0. The van der Waals surface area contributed by atoms with E-state index in [4.69, 9.17) is 20.8 Å². The van der Waals surface area contributed by atoms with Crippen LogP contribution in [0.2, 0.25) is 5.02 Å². The third kappa shape index (κ3) is 6.37. The van der Waals surface area contributed by atoms with Crippen molar-refractivity contribution in [1.82, 2.24) is 10.2 Å². The van der Waals surface area contributed by atoms with Gasteiger partial charge in [0.2, 0.25) is 6.04 Å². The van der Waals surface area contributed by atoms with Gasteiger partial charge in [0, 0.05) is 11.9 Å². The number of hydrogen-bond donors (Lipinski definition) is 2. The van der Waals surface area contributed by atoms with Crippen molar-refractivity contribution >= 4 is 28.5 Å². The fraction of sp³-hybridized carbons (Fsp3) is 0.444. The van der Waals surface area contributed by atoms with E-state index in [1.807, 2.05) is 0 Å². The molecule has 39 heavy (non-hydrogen) atoms. The number of amides is 1. The molecule has 1 saturated heterocycles. The summed E-state index contributed by atoms with van der Waals surface area (Å²) in [5.74, 6) is -0.530. The van der Waals surface area contributed by atoms with Gasteiger partial charge in [0.05, 0.1) is 22.7 Å². The number of hydrogen-bond acceptors (Lipinski definition) is 7. The maximum Gasteiger partial charge on any atom is 0.416 e. The van der Waals surface area contributed by atoms with Crippen LogP contribution in [0.4, 0.5) is 13.2 Å². The second-order valence-electron chi connectivity index (χ2n) is 9.98. The normalized spacial score (nSPS) is 18.6. The van der Waals surface area contributed by atoms with Gasteiger partial charge in [-0.3, -0.25) is 4.79 Å². The zero-order valence-corrected chi connectivity index (χ0v) is 21.5. The first-order valence-corrected chi connectivity index (χ1v) is 13.1. The highest BCUT2D eigenvalue weighted by Gasteiger charge is 2.34. The van der Waals surface area contributed by atoms with Crippen molar-refractivity contribution in [2.75, 3.05) is 19.6 Å². The third-order valence-corrected chi connectivity index (χ3v) is 7.26. The molecule has 12 heteroatoms. The summed E-state index contributed by atoms with van der Waals surface area (Å²) >= 11 is 6.38. The number of rotatable bonds is 10. The van der Waals surface area contributed by atoms with E-state index >= 15 is 0 Å². The van der Waals surface area contributed by atoms with Gasteiger partial charge in [0.1, 0.15) is 23.2 Å². The zero-order chi connectivity index (χ0) is 27.7. The molecule has 3 aromatic rings. The molecule has 1 aliphatic heterocycles. The number of carbonyl (C=O) groups is 1.